The van der Waals surface area contributed by atoms with Gasteiger partial charge in [0.25, 0.3) is 5.91 Å². The molecular formula is C13H20BrNO2. The Hall–Kier alpha value is -0.770. The average molecular weight is 302 g/mol. The highest BCUT2D eigenvalue weighted by molar-refractivity contribution is 9.09. The van der Waals surface area contributed by atoms with Crippen LogP contribution in [0.5, 0.6) is 0 Å². The summed E-state index contributed by atoms with van der Waals surface area (Å²) in [5.41, 5.74) is 0. The molecule has 0 fully saturated rings. The molecule has 1 rings (SSSR count). The van der Waals surface area contributed by atoms with Crippen LogP contribution >= 0.6 is 15.9 Å². The highest BCUT2D eigenvalue weighted by atomic mass is 79.9. The zero-order valence-electron chi connectivity index (χ0n) is 10.6. The normalized spacial score (nSPS) is 12.8. The fourth-order valence-electron chi connectivity index (χ4n) is 1.62. The second kappa shape index (κ2) is 6.84. The van der Waals surface area contributed by atoms with Crippen molar-refractivity contribution in [1.82, 2.24) is 5.32 Å². The number of halogens is 1. The first kappa shape index (κ1) is 14.3. The van der Waals surface area contributed by atoms with E-state index in [1.165, 1.54) is 0 Å². The lowest BCUT2D eigenvalue weighted by Crippen LogP contribution is -2.38. The topological polar surface area (TPSA) is 42.2 Å². The van der Waals surface area contributed by atoms with Crippen molar-refractivity contribution in [1.29, 1.82) is 0 Å². The van der Waals surface area contributed by atoms with Gasteiger partial charge in [-0.3, -0.25) is 4.79 Å². The van der Waals surface area contributed by atoms with Crippen LogP contribution in [0.1, 0.15) is 43.5 Å². The Labute approximate surface area is 111 Å². The lowest BCUT2D eigenvalue weighted by molar-refractivity contribution is 0.0895. The van der Waals surface area contributed by atoms with E-state index in [1.807, 2.05) is 13.0 Å². The molecule has 17 heavy (non-hydrogen) atoms. The first-order valence-corrected chi connectivity index (χ1v) is 7.16. The molecule has 0 saturated heterocycles. The van der Waals surface area contributed by atoms with Crippen LogP contribution in [0.2, 0.25) is 0 Å². The third kappa shape index (κ3) is 4.19. The van der Waals surface area contributed by atoms with Crippen LogP contribution in [0.4, 0.5) is 0 Å². The Morgan fingerprint density at radius 2 is 2.18 bits per heavy atom. The molecule has 0 bridgehead atoms. The maximum atomic E-state index is 11.9. The van der Waals surface area contributed by atoms with Crippen molar-refractivity contribution in [3.63, 3.8) is 0 Å². The minimum absolute atomic E-state index is 0.121. The molecule has 0 aliphatic carbocycles. The largest absolute Gasteiger partial charge is 0.456 e. The number of furan rings is 1. The van der Waals surface area contributed by atoms with E-state index in [-0.39, 0.29) is 11.9 Å². The molecule has 1 aromatic rings. The summed E-state index contributed by atoms with van der Waals surface area (Å²) >= 11 is 3.41. The summed E-state index contributed by atoms with van der Waals surface area (Å²) in [6.07, 6.45) is 1.73. The van der Waals surface area contributed by atoms with Gasteiger partial charge >= 0.3 is 0 Å². The predicted molar refractivity (Wildman–Crippen MR) is 72.6 cm³/mol. The molecule has 4 heteroatoms. The van der Waals surface area contributed by atoms with E-state index in [0.717, 1.165) is 23.9 Å². The predicted octanol–water partition coefficient (Wildman–Crippen LogP) is 3.38. The van der Waals surface area contributed by atoms with Gasteiger partial charge in [-0.25, -0.2) is 0 Å². The molecule has 0 spiro atoms. The molecule has 0 saturated carbocycles. The monoisotopic (exact) mass is 301 g/mol. The Balaban J connectivity index is 2.63. The van der Waals surface area contributed by atoms with Gasteiger partial charge in [0.05, 0.1) is 0 Å². The van der Waals surface area contributed by atoms with Crippen molar-refractivity contribution < 1.29 is 9.21 Å². The van der Waals surface area contributed by atoms with Crippen LogP contribution in [0.25, 0.3) is 0 Å². The quantitative estimate of drug-likeness (QED) is 0.819. The van der Waals surface area contributed by atoms with E-state index in [2.05, 4.69) is 35.1 Å². The standard InChI is InChI=1S/C13H20BrNO2/c1-4-10-5-6-12(17-10)13(16)15-11(7-8-14)9(2)3/h5-6,9,11H,4,7-8H2,1-3H3,(H,15,16). The zero-order chi connectivity index (χ0) is 12.8. The lowest BCUT2D eigenvalue weighted by Gasteiger charge is -2.20. The minimum Gasteiger partial charge on any atom is -0.456 e. The fraction of sp³-hybridized carbons (Fsp3) is 0.615. The molecule has 3 nitrogen and oxygen atoms in total. The van der Waals surface area contributed by atoms with Gasteiger partial charge < -0.3 is 9.73 Å². The van der Waals surface area contributed by atoms with Crippen molar-refractivity contribution in [3.8, 4) is 0 Å². The second-order valence-electron chi connectivity index (χ2n) is 4.42. The summed E-state index contributed by atoms with van der Waals surface area (Å²) in [4.78, 5) is 11.9. The Morgan fingerprint density at radius 1 is 1.47 bits per heavy atom. The van der Waals surface area contributed by atoms with Gasteiger partial charge in [0.2, 0.25) is 0 Å². The third-order valence-electron chi connectivity index (χ3n) is 2.78. The summed E-state index contributed by atoms with van der Waals surface area (Å²) in [5.74, 6) is 1.54. The van der Waals surface area contributed by atoms with E-state index in [4.69, 9.17) is 4.42 Å². The van der Waals surface area contributed by atoms with Gasteiger partial charge in [0.15, 0.2) is 5.76 Å². The molecule has 1 amide bonds. The SMILES string of the molecule is CCc1ccc(C(=O)NC(CCBr)C(C)C)o1. The van der Waals surface area contributed by atoms with E-state index < -0.39 is 0 Å². The number of carbonyl (C=O) groups excluding carboxylic acids is 1. The molecule has 1 aromatic heterocycles. The number of alkyl halides is 1. The second-order valence-corrected chi connectivity index (χ2v) is 5.21. The van der Waals surface area contributed by atoms with Gasteiger partial charge in [0, 0.05) is 17.8 Å². The van der Waals surface area contributed by atoms with Crippen LogP contribution < -0.4 is 5.32 Å². The van der Waals surface area contributed by atoms with Crippen molar-refractivity contribution >= 4 is 21.8 Å². The highest BCUT2D eigenvalue weighted by Gasteiger charge is 2.18. The average Bonchev–Trinajstić information content (AvgIpc) is 2.76. The molecule has 0 aliphatic heterocycles. The van der Waals surface area contributed by atoms with Gasteiger partial charge in [0.1, 0.15) is 5.76 Å². The summed E-state index contributed by atoms with van der Waals surface area (Å²) < 4.78 is 5.43. The molecule has 1 N–H and O–H groups in total. The Bertz CT molecular complexity index is 360. The van der Waals surface area contributed by atoms with Gasteiger partial charge in [-0.05, 0) is 24.5 Å². The molecule has 0 aliphatic rings. The van der Waals surface area contributed by atoms with Crippen molar-refractivity contribution in [3.05, 3.63) is 23.7 Å². The third-order valence-corrected chi connectivity index (χ3v) is 3.23. The summed E-state index contributed by atoms with van der Waals surface area (Å²) in [7, 11) is 0. The Kier molecular flexibility index (Phi) is 5.75. The first-order valence-electron chi connectivity index (χ1n) is 6.04. The number of nitrogens with one attached hydrogen (secondary N) is 1. The van der Waals surface area contributed by atoms with Crippen LogP contribution in [0.15, 0.2) is 16.5 Å². The first-order chi connectivity index (χ1) is 8.08. The van der Waals surface area contributed by atoms with Crippen molar-refractivity contribution in [2.45, 2.75) is 39.7 Å². The maximum Gasteiger partial charge on any atom is 0.287 e. The van der Waals surface area contributed by atoms with Crippen molar-refractivity contribution in [2.75, 3.05) is 5.33 Å². The molecule has 1 unspecified atom stereocenters. The molecule has 1 atom stereocenters. The smallest absolute Gasteiger partial charge is 0.287 e. The molecule has 1 heterocycles. The summed E-state index contributed by atoms with van der Waals surface area (Å²) in [6.45, 7) is 6.21. The highest BCUT2D eigenvalue weighted by Crippen LogP contribution is 2.12. The summed E-state index contributed by atoms with van der Waals surface area (Å²) in [5, 5.41) is 3.89. The van der Waals surface area contributed by atoms with Gasteiger partial charge in [-0.1, -0.05) is 36.7 Å². The van der Waals surface area contributed by atoms with Crippen LogP contribution in [-0.2, 0) is 6.42 Å². The molecule has 96 valence electrons. The van der Waals surface area contributed by atoms with Crippen LogP contribution in [-0.4, -0.2) is 17.3 Å². The van der Waals surface area contributed by atoms with Gasteiger partial charge in [-0.2, -0.15) is 0 Å². The number of aryl methyl sites for hydroxylation is 1. The maximum absolute atomic E-state index is 11.9. The molecular weight excluding hydrogens is 282 g/mol. The number of amides is 1. The van der Waals surface area contributed by atoms with Crippen molar-refractivity contribution in [2.24, 2.45) is 5.92 Å². The van der Waals surface area contributed by atoms with Crippen LogP contribution in [0, 0.1) is 5.92 Å². The zero-order valence-corrected chi connectivity index (χ0v) is 12.2. The van der Waals surface area contributed by atoms with E-state index in [1.54, 1.807) is 6.07 Å². The Morgan fingerprint density at radius 3 is 2.65 bits per heavy atom. The minimum atomic E-state index is -0.121. The number of rotatable bonds is 6. The van der Waals surface area contributed by atoms with Gasteiger partial charge in [-0.15, -0.1) is 0 Å². The van der Waals surface area contributed by atoms with E-state index >= 15 is 0 Å². The number of hydrogen-bond donors (Lipinski definition) is 1. The molecule has 0 radical (unpaired) electrons. The summed E-state index contributed by atoms with van der Waals surface area (Å²) in [6, 6.07) is 3.76. The molecule has 0 aromatic carbocycles. The lowest BCUT2D eigenvalue weighted by atomic mass is 10.0. The van der Waals surface area contributed by atoms with Crippen LogP contribution in [0.3, 0.4) is 0 Å². The number of carbonyl (C=O) groups is 1. The van der Waals surface area contributed by atoms with E-state index in [0.29, 0.717) is 11.7 Å². The van der Waals surface area contributed by atoms with E-state index in [9.17, 15) is 4.79 Å². The fourth-order valence-corrected chi connectivity index (χ4v) is 2.11. The number of hydrogen-bond acceptors (Lipinski definition) is 2.